The number of rotatable bonds is 6. The van der Waals surface area contributed by atoms with Gasteiger partial charge in [0.05, 0.1) is 24.0 Å². The first kappa shape index (κ1) is 15.0. The number of nitrogens with one attached hydrogen (secondary N) is 1. The van der Waals surface area contributed by atoms with E-state index in [4.69, 9.17) is 4.74 Å². The third kappa shape index (κ3) is 4.28. The van der Waals surface area contributed by atoms with Crippen LogP contribution >= 0.6 is 11.3 Å². The Hall–Kier alpha value is -2.41. The molecule has 2 aromatic rings. The van der Waals surface area contributed by atoms with Crippen LogP contribution in [0.1, 0.15) is 20.9 Å². The number of carbonyl (C=O) groups excluding carboxylic acids is 1. The molecule has 1 heterocycles. The number of para-hydroxylation sites is 1. The fraction of sp³-hybridized carbons (Fsp3) is 0.214. The van der Waals surface area contributed by atoms with Crippen LogP contribution in [0, 0.1) is 6.92 Å². The van der Waals surface area contributed by atoms with Crippen LogP contribution < -0.4 is 5.43 Å². The van der Waals surface area contributed by atoms with Crippen molar-refractivity contribution in [3.8, 4) is 5.75 Å². The van der Waals surface area contributed by atoms with Gasteiger partial charge in [0.25, 0.3) is 0 Å². The average molecular weight is 305 g/mol. The van der Waals surface area contributed by atoms with E-state index < -0.39 is 5.97 Å². The molecule has 0 atom stereocenters. The first-order chi connectivity index (χ1) is 10.2. The molecule has 0 fully saturated rings. The Labute approximate surface area is 126 Å². The number of aromatic hydroxyl groups is 1. The van der Waals surface area contributed by atoms with Gasteiger partial charge < -0.3 is 15.3 Å². The standard InChI is InChI=1S/C14H15N3O3S/c1-10-13(21-9-15-10)14(19)20-7-6-16-17-8-11-4-2-3-5-12(11)18/h2-6,9,17-18H,7-8H2,1H3/b16-6+. The van der Waals surface area contributed by atoms with Crippen molar-refractivity contribution in [3.05, 3.63) is 45.9 Å². The van der Waals surface area contributed by atoms with Crippen molar-refractivity contribution in [1.82, 2.24) is 10.4 Å². The molecule has 0 amide bonds. The van der Waals surface area contributed by atoms with Crippen molar-refractivity contribution < 1.29 is 14.6 Å². The van der Waals surface area contributed by atoms with Gasteiger partial charge in [-0.1, -0.05) is 18.2 Å². The summed E-state index contributed by atoms with van der Waals surface area (Å²) in [6, 6.07) is 6.99. The minimum Gasteiger partial charge on any atom is -0.508 e. The van der Waals surface area contributed by atoms with Crippen molar-refractivity contribution >= 4 is 23.5 Å². The van der Waals surface area contributed by atoms with E-state index in [1.54, 1.807) is 30.6 Å². The van der Waals surface area contributed by atoms with Crippen LogP contribution in [0.25, 0.3) is 0 Å². The Balaban J connectivity index is 1.71. The summed E-state index contributed by atoms with van der Waals surface area (Å²) in [5.41, 5.74) is 5.78. The summed E-state index contributed by atoms with van der Waals surface area (Å²) in [5.74, 6) is -0.186. The summed E-state index contributed by atoms with van der Waals surface area (Å²) >= 11 is 1.25. The fourth-order valence-electron chi connectivity index (χ4n) is 1.57. The number of aromatic nitrogens is 1. The maximum absolute atomic E-state index is 11.7. The minimum absolute atomic E-state index is 0.0734. The number of carbonyl (C=O) groups is 1. The summed E-state index contributed by atoms with van der Waals surface area (Å²) in [4.78, 5) is 16.1. The molecule has 21 heavy (non-hydrogen) atoms. The first-order valence-corrected chi connectivity index (χ1v) is 7.15. The highest BCUT2D eigenvalue weighted by Gasteiger charge is 2.12. The zero-order chi connectivity index (χ0) is 15.1. The molecule has 0 aliphatic carbocycles. The van der Waals surface area contributed by atoms with Crippen LogP contribution in [-0.2, 0) is 11.3 Å². The van der Waals surface area contributed by atoms with E-state index in [0.29, 0.717) is 17.1 Å². The van der Waals surface area contributed by atoms with E-state index in [1.165, 1.54) is 17.6 Å². The van der Waals surface area contributed by atoms with Gasteiger partial charge in [0.2, 0.25) is 0 Å². The summed E-state index contributed by atoms with van der Waals surface area (Å²) < 4.78 is 5.04. The van der Waals surface area contributed by atoms with E-state index in [2.05, 4.69) is 15.5 Å². The fourth-order valence-corrected chi connectivity index (χ4v) is 2.26. The zero-order valence-electron chi connectivity index (χ0n) is 11.4. The number of hydrogen-bond acceptors (Lipinski definition) is 7. The molecule has 7 heteroatoms. The van der Waals surface area contributed by atoms with Gasteiger partial charge in [-0.3, -0.25) is 0 Å². The van der Waals surface area contributed by atoms with Crippen LogP contribution in [0.15, 0.2) is 34.9 Å². The van der Waals surface area contributed by atoms with Gasteiger partial charge >= 0.3 is 5.97 Å². The van der Waals surface area contributed by atoms with Crippen molar-refractivity contribution in [2.45, 2.75) is 13.5 Å². The van der Waals surface area contributed by atoms with Gasteiger partial charge in [-0.05, 0) is 13.0 Å². The lowest BCUT2D eigenvalue weighted by molar-refractivity contribution is 0.0571. The molecule has 1 aromatic heterocycles. The maximum atomic E-state index is 11.7. The average Bonchev–Trinajstić information content (AvgIpc) is 2.90. The highest BCUT2D eigenvalue weighted by molar-refractivity contribution is 7.11. The highest BCUT2D eigenvalue weighted by Crippen LogP contribution is 2.14. The van der Waals surface area contributed by atoms with Gasteiger partial charge in [0.15, 0.2) is 0 Å². The van der Waals surface area contributed by atoms with Crippen LogP contribution in [0.4, 0.5) is 0 Å². The molecule has 110 valence electrons. The molecule has 0 aliphatic heterocycles. The number of esters is 1. The van der Waals surface area contributed by atoms with Crippen LogP contribution in [0.2, 0.25) is 0 Å². The molecule has 6 nitrogen and oxygen atoms in total. The SMILES string of the molecule is Cc1ncsc1C(=O)OC/C=N/NCc1ccccc1O. The van der Waals surface area contributed by atoms with Crippen LogP contribution in [-0.4, -0.2) is 28.9 Å². The molecule has 0 bridgehead atoms. The maximum Gasteiger partial charge on any atom is 0.350 e. The van der Waals surface area contributed by atoms with Gasteiger partial charge in [0, 0.05) is 5.56 Å². The lowest BCUT2D eigenvalue weighted by atomic mass is 10.2. The number of hydrogen-bond donors (Lipinski definition) is 2. The van der Waals surface area contributed by atoms with E-state index in [9.17, 15) is 9.90 Å². The number of phenolic OH excluding ortho intramolecular Hbond substituents is 1. The predicted octanol–water partition coefficient (Wildman–Crippen LogP) is 2.09. The largest absolute Gasteiger partial charge is 0.508 e. The summed E-state index contributed by atoms with van der Waals surface area (Å²) in [6.45, 7) is 2.23. The van der Waals surface area contributed by atoms with Crippen molar-refractivity contribution in [2.75, 3.05) is 6.61 Å². The number of phenols is 1. The van der Waals surface area contributed by atoms with Gasteiger partial charge in [0.1, 0.15) is 17.2 Å². The number of aryl methyl sites for hydroxylation is 1. The number of hydrazone groups is 1. The lowest BCUT2D eigenvalue weighted by Crippen LogP contribution is -2.10. The van der Waals surface area contributed by atoms with Gasteiger partial charge in [-0.15, -0.1) is 11.3 Å². The zero-order valence-corrected chi connectivity index (χ0v) is 12.3. The number of thiazole rings is 1. The van der Waals surface area contributed by atoms with Crippen LogP contribution in [0.5, 0.6) is 5.75 Å². The van der Waals surface area contributed by atoms with Crippen molar-refractivity contribution in [1.29, 1.82) is 0 Å². The topological polar surface area (TPSA) is 83.8 Å². The Bertz CT molecular complexity index is 640. The number of benzene rings is 1. The van der Waals surface area contributed by atoms with Gasteiger partial charge in [-0.25, -0.2) is 9.78 Å². The van der Waals surface area contributed by atoms with E-state index >= 15 is 0 Å². The highest BCUT2D eigenvalue weighted by atomic mass is 32.1. The van der Waals surface area contributed by atoms with Crippen LogP contribution in [0.3, 0.4) is 0 Å². The predicted molar refractivity (Wildman–Crippen MR) is 80.6 cm³/mol. The van der Waals surface area contributed by atoms with Gasteiger partial charge in [-0.2, -0.15) is 5.10 Å². The molecule has 0 spiro atoms. The third-order valence-electron chi connectivity index (χ3n) is 2.66. The van der Waals surface area contributed by atoms with E-state index in [0.717, 1.165) is 5.56 Å². The normalized spacial score (nSPS) is 10.7. The summed E-state index contributed by atoms with van der Waals surface area (Å²) in [6.07, 6.45) is 1.45. The molecule has 2 rings (SSSR count). The van der Waals surface area contributed by atoms with E-state index in [-0.39, 0.29) is 12.4 Å². The Morgan fingerprint density at radius 1 is 1.52 bits per heavy atom. The molecule has 0 aliphatic rings. The second kappa shape index (κ2) is 7.39. The van der Waals surface area contributed by atoms with Crippen molar-refractivity contribution in [2.24, 2.45) is 5.10 Å². The van der Waals surface area contributed by atoms with E-state index in [1.807, 2.05) is 6.07 Å². The molecule has 0 saturated heterocycles. The Morgan fingerprint density at radius 3 is 3.05 bits per heavy atom. The number of nitrogens with zero attached hydrogens (tertiary/aromatic N) is 2. The third-order valence-corrected chi connectivity index (χ3v) is 3.57. The molecular formula is C14H15N3O3S. The molecule has 0 unspecified atom stereocenters. The lowest BCUT2D eigenvalue weighted by Gasteiger charge is -2.03. The Kier molecular flexibility index (Phi) is 5.28. The Morgan fingerprint density at radius 2 is 2.33 bits per heavy atom. The quantitative estimate of drug-likeness (QED) is 0.485. The molecule has 1 aromatic carbocycles. The smallest absolute Gasteiger partial charge is 0.350 e. The molecule has 0 radical (unpaired) electrons. The summed E-state index contributed by atoms with van der Waals surface area (Å²) in [7, 11) is 0. The second-order valence-corrected chi connectivity index (χ2v) is 5.00. The molecule has 0 saturated carbocycles. The number of ether oxygens (including phenoxy) is 1. The second-order valence-electron chi connectivity index (χ2n) is 4.14. The minimum atomic E-state index is -0.401. The first-order valence-electron chi connectivity index (χ1n) is 6.27. The van der Waals surface area contributed by atoms with Crippen molar-refractivity contribution in [3.63, 3.8) is 0 Å². The molecule has 2 N–H and O–H groups in total. The summed E-state index contributed by atoms with van der Waals surface area (Å²) in [5, 5.41) is 13.5. The molecular weight excluding hydrogens is 290 g/mol. The monoisotopic (exact) mass is 305 g/mol.